The zero-order chi connectivity index (χ0) is 15.3. The number of hydrogen-bond acceptors (Lipinski definition) is 4. The molecule has 116 valence electrons. The number of likely N-dealkylation sites (N-methyl/N-ethyl adjacent to an activating group) is 1. The average molecular weight is 291 g/mol. The van der Waals surface area contributed by atoms with Crippen molar-refractivity contribution in [3.63, 3.8) is 0 Å². The van der Waals surface area contributed by atoms with Crippen LogP contribution in [0.2, 0.25) is 0 Å². The smallest absolute Gasteiger partial charge is 0.180 e. The lowest BCUT2D eigenvalue weighted by molar-refractivity contribution is 0.0172. The van der Waals surface area contributed by atoms with Crippen molar-refractivity contribution in [2.45, 2.75) is 38.2 Å². The summed E-state index contributed by atoms with van der Waals surface area (Å²) >= 11 is 0. The molecule has 0 radical (unpaired) electrons. The maximum Gasteiger partial charge on any atom is 0.180 e. The molecule has 0 bridgehead atoms. The number of para-hydroxylation sites is 1. The van der Waals surface area contributed by atoms with Gasteiger partial charge in [0.05, 0.1) is 24.3 Å². The Balaban J connectivity index is 1.97. The summed E-state index contributed by atoms with van der Waals surface area (Å²) in [6.45, 7) is 3.30. The van der Waals surface area contributed by atoms with Crippen LogP contribution in [0.5, 0.6) is 5.75 Å². The molecule has 0 atom stereocenters. The molecule has 4 nitrogen and oxygen atoms in total. The number of carbonyl (C=O) groups excluding carboxylic acids is 1. The van der Waals surface area contributed by atoms with E-state index in [0.717, 1.165) is 25.7 Å². The third-order valence-electron chi connectivity index (χ3n) is 4.00. The Morgan fingerprint density at radius 1 is 1.33 bits per heavy atom. The predicted molar refractivity (Wildman–Crippen MR) is 82.9 cm³/mol. The Kier molecular flexibility index (Phi) is 5.37. The lowest BCUT2D eigenvalue weighted by Gasteiger charge is -2.28. The van der Waals surface area contributed by atoms with Gasteiger partial charge in [-0.15, -0.1) is 0 Å². The minimum absolute atomic E-state index is 0.0307. The number of benzene rings is 1. The molecule has 0 aliphatic heterocycles. The highest BCUT2D eigenvalue weighted by Crippen LogP contribution is 2.30. The van der Waals surface area contributed by atoms with Crippen molar-refractivity contribution in [1.29, 1.82) is 0 Å². The lowest BCUT2D eigenvalue weighted by atomic mass is 10.0. The molecule has 1 aliphatic carbocycles. The summed E-state index contributed by atoms with van der Waals surface area (Å²) in [6, 6.07) is 7.33. The van der Waals surface area contributed by atoms with E-state index < -0.39 is 5.60 Å². The lowest BCUT2D eigenvalue weighted by Crippen LogP contribution is -2.41. The van der Waals surface area contributed by atoms with E-state index in [9.17, 15) is 9.90 Å². The predicted octanol–water partition coefficient (Wildman–Crippen LogP) is 2.50. The molecule has 1 fully saturated rings. The van der Waals surface area contributed by atoms with E-state index in [1.54, 1.807) is 6.07 Å². The van der Waals surface area contributed by atoms with Crippen LogP contribution in [0, 0.1) is 0 Å². The normalized spacial score (nSPS) is 17.1. The van der Waals surface area contributed by atoms with Crippen LogP contribution in [0.25, 0.3) is 0 Å². The van der Waals surface area contributed by atoms with E-state index in [4.69, 9.17) is 4.74 Å². The quantitative estimate of drug-likeness (QED) is 0.784. The van der Waals surface area contributed by atoms with Gasteiger partial charge in [0.2, 0.25) is 0 Å². The number of aliphatic hydroxyl groups is 1. The van der Waals surface area contributed by atoms with Gasteiger partial charge >= 0.3 is 0 Å². The van der Waals surface area contributed by atoms with Gasteiger partial charge in [-0.1, -0.05) is 25.0 Å². The van der Waals surface area contributed by atoms with Crippen molar-refractivity contribution in [3.05, 3.63) is 29.8 Å². The highest BCUT2D eigenvalue weighted by atomic mass is 16.5. The maximum absolute atomic E-state index is 12.4. The van der Waals surface area contributed by atoms with Gasteiger partial charge in [0, 0.05) is 6.54 Å². The molecule has 0 unspecified atom stereocenters. The standard InChI is InChI=1S/C17H25NO3/c1-3-21-16-9-5-4-8-14(16)15(19)12-18(2)13-17(20)10-6-7-11-17/h4-5,8-9,20H,3,6-7,10-13H2,1-2H3. The Bertz CT molecular complexity index is 481. The largest absolute Gasteiger partial charge is 0.493 e. The van der Waals surface area contributed by atoms with Gasteiger partial charge in [-0.25, -0.2) is 0 Å². The summed E-state index contributed by atoms with van der Waals surface area (Å²) in [4.78, 5) is 14.3. The number of nitrogens with zero attached hydrogens (tertiary/aromatic N) is 1. The minimum Gasteiger partial charge on any atom is -0.493 e. The highest BCUT2D eigenvalue weighted by molar-refractivity contribution is 6.00. The fourth-order valence-electron chi connectivity index (χ4n) is 3.06. The molecular formula is C17H25NO3. The Labute approximate surface area is 126 Å². The number of ether oxygens (including phenoxy) is 1. The van der Waals surface area contributed by atoms with Crippen LogP contribution in [0.15, 0.2) is 24.3 Å². The van der Waals surface area contributed by atoms with Crippen LogP contribution >= 0.6 is 0 Å². The van der Waals surface area contributed by atoms with E-state index in [0.29, 0.717) is 31.0 Å². The summed E-state index contributed by atoms with van der Waals surface area (Å²) < 4.78 is 5.50. The summed E-state index contributed by atoms with van der Waals surface area (Å²) in [7, 11) is 1.89. The van der Waals surface area contributed by atoms with E-state index in [1.165, 1.54) is 0 Å². The second-order valence-electron chi connectivity index (χ2n) is 5.96. The summed E-state index contributed by atoms with van der Waals surface area (Å²) in [6.07, 6.45) is 3.82. The number of rotatable bonds is 7. The van der Waals surface area contributed by atoms with E-state index in [2.05, 4.69) is 0 Å². The summed E-state index contributed by atoms with van der Waals surface area (Å²) in [5, 5.41) is 10.4. The van der Waals surface area contributed by atoms with Gasteiger partial charge in [-0.2, -0.15) is 0 Å². The minimum atomic E-state index is -0.617. The molecule has 0 amide bonds. The third-order valence-corrected chi connectivity index (χ3v) is 4.00. The molecule has 1 aromatic rings. The molecule has 1 saturated carbocycles. The van der Waals surface area contributed by atoms with Crippen molar-refractivity contribution in [2.75, 3.05) is 26.7 Å². The fraction of sp³-hybridized carbons (Fsp3) is 0.588. The van der Waals surface area contributed by atoms with Gasteiger partial charge < -0.3 is 9.84 Å². The molecule has 1 aliphatic rings. The van der Waals surface area contributed by atoms with Crippen molar-refractivity contribution in [2.24, 2.45) is 0 Å². The first-order valence-electron chi connectivity index (χ1n) is 7.70. The molecule has 4 heteroatoms. The number of ketones is 1. The van der Waals surface area contributed by atoms with Crippen LogP contribution in [0.3, 0.4) is 0 Å². The van der Waals surface area contributed by atoms with E-state index in [-0.39, 0.29) is 5.78 Å². The first kappa shape index (κ1) is 16.0. The summed E-state index contributed by atoms with van der Waals surface area (Å²) in [5.74, 6) is 0.668. The molecule has 2 rings (SSSR count). The molecule has 21 heavy (non-hydrogen) atoms. The van der Waals surface area contributed by atoms with Gasteiger partial charge in [-0.3, -0.25) is 9.69 Å². The topological polar surface area (TPSA) is 49.8 Å². The first-order valence-corrected chi connectivity index (χ1v) is 7.70. The van der Waals surface area contributed by atoms with Crippen LogP contribution in [-0.2, 0) is 0 Å². The maximum atomic E-state index is 12.4. The van der Waals surface area contributed by atoms with Crippen molar-refractivity contribution in [3.8, 4) is 5.75 Å². The first-order chi connectivity index (χ1) is 10.0. The van der Waals surface area contributed by atoms with Gasteiger partial charge in [0.1, 0.15) is 5.75 Å². The third kappa shape index (κ3) is 4.29. The summed E-state index contributed by atoms with van der Waals surface area (Å²) in [5.41, 5.74) is -0.00122. The Morgan fingerprint density at radius 3 is 2.67 bits per heavy atom. The molecule has 0 spiro atoms. The van der Waals surface area contributed by atoms with Gasteiger partial charge in [-0.05, 0) is 38.9 Å². The Morgan fingerprint density at radius 2 is 2.00 bits per heavy atom. The van der Waals surface area contributed by atoms with Gasteiger partial charge in [0.25, 0.3) is 0 Å². The second kappa shape index (κ2) is 7.05. The average Bonchev–Trinajstić information content (AvgIpc) is 2.85. The van der Waals surface area contributed by atoms with Gasteiger partial charge in [0.15, 0.2) is 5.78 Å². The van der Waals surface area contributed by atoms with Crippen molar-refractivity contribution < 1.29 is 14.6 Å². The second-order valence-corrected chi connectivity index (χ2v) is 5.96. The zero-order valence-corrected chi connectivity index (χ0v) is 13.0. The van der Waals surface area contributed by atoms with Crippen LogP contribution in [0.1, 0.15) is 43.0 Å². The molecule has 0 aromatic heterocycles. The van der Waals surface area contributed by atoms with Crippen LogP contribution in [-0.4, -0.2) is 48.1 Å². The number of carbonyl (C=O) groups is 1. The Hall–Kier alpha value is -1.39. The number of Topliss-reactive ketones (excluding diaryl/α,β-unsaturated/α-hetero) is 1. The van der Waals surface area contributed by atoms with E-state index >= 15 is 0 Å². The molecular weight excluding hydrogens is 266 g/mol. The number of hydrogen-bond donors (Lipinski definition) is 1. The SMILES string of the molecule is CCOc1ccccc1C(=O)CN(C)CC1(O)CCCC1. The molecule has 0 saturated heterocycles. The van der Waals surface area contributed by atoms with Crippen molar-refractivity contribution >= 4 is 5.78 Å². The fourth-order valence-corrected chi connectivity index (χ4v) is 3.06. The molecule has 1 N–H and O–H groups in total. The van der Waals surface area contributed by atoms with E-state index in [1.807, 2.05) is 37.1 Å². The van der Waals surface area contributed by atoms with Crippen LogP contribution < -0.4 is 4.74 Å². The zero-order valence-electron chi connectivity index (χ0n) is 13.0. The van der Waals surface area contributed by atoms with Crippen LogP contribution in [0.4, 0.5) is 0 Å². The molecule has 0 heterocycles. The highest BCUT2D eigenvalue weighted by Gasteiger charge is 2.32. The molecule has 1 aromatic carbocycles. The van der Waals surface area contributed by atoms with Crippen molar-refractivity contribution in [1.82, 2.24) is 4.90 Å². The monoisotopic (exact) mass is 291 g/mol.